The van der Waals surface area contributed by atoms with Crippen LogP contribution in [-0.4, -0.2) is 43.5 Å². The summed E-state index contributed by atoms with van der Waals surface area (Å²) in [7, 11) is 0. The zero-order chi connectivity index (χ0) is 17.4. The van der Waals surface area contributed by atoms with E-state index in [1.807, 2.05) is 30.8 Å². The third-order valence-electron chi connectivity index (χ3n) is 5.65. The number of hydrogen-bond acceptors (Lipinski definition) is 5. The monoisotopic (exact) mass is 341 g/mol. The number of nitrogens with zero attached hydrogens (tertiary/aromatic N) is 5. The third-order valence-corrected chi connectivity index (χ3v) is 5.65. The molecule has 1 aliphatic carbocycles. The molecule has 0 unspecified atom stereocenters. The fourth-order valence-corrected chi connectivity index (χ4v) is 4.52. The van der Waals surface area contributed by atoms with Crippen molar-refractivity contribution in [2.75, 3.05) is 11.4 Å². The van der Waals surface area contributed by atoms with Gasteiger partial charge in [0, 0.05) is 18.3 Å². The molecule has 0 amide bonds. The first-order valence-corrected chi connectivity index (χ1v) is 9.42. The summed E-state index contributed by atoms with van der Waals surface area (Å²) in [4.78, 5) is 11.5. The lowest BCUT2D eigenvalue weighted by molar-refractivity contribution is 0.185. The standard InChI is InChI=1S/C19H27N5O/c1-13-8-14(2)24(22-13)19-11-20-10-18(21-19)23-12-16(25)9-17(23)15-6-4-3-5-7-15/h8,10-11,15-17,25H,3-7,9,12H2,1-2H3/t16-,17+/m1/s1. The molecule has 2 fully saturated rings. The van der Waals surface area contributed by atoms with Crippen molar-refractivity contribution in [3.8, 4) is 5.82 Å². The van der Waals surface area contributed by atoms with Gasteiger partial charge in [0.2, 0.25) is 0 Å². The average molecular weight is 341 g/mol. The molecule has 0 bridgehead atoms. The molecular weight excluding hydrogens is 314 g/mol. The number of aliphatic hydroxyl groups excluding tert-OH is 1. The van der Waals surface area contributed by atoms with E-state index in [9.17, 15) is 5.11 Å². The summed E-state index contributed by atoms with van der Waals surface area (Å²) in [5.41, 5.74) is 2.02. The van der Waals surface area contributed by atoms with Crippen LogP contribution in [0.15, 0.2) is 18.5 Å². The Kier molecular flexibility index (Phi) is 4.46. The lowest BCUT2D eigenvalue weighted by atomic mass is 9.83. The minimum absolute atomic E-state index is 0.272. The van der Waals surface area contributed by atoms with Gasteiger partial charge in [-0.1, -0.05) is 19.3 Å². The van der Waals surface area contributed by atoms with Gasteiger partial charge < -0.3 is 10.0 Å². The van der Waals surface area contributed by atoms with E-state index < -0.39 is 0 Å². The van der Waals surface area contributed by atoms with Gasteiger partial charge in [-0.2, -0.15) is 5.10 Å². The van der Waals surface area contributed by atoms with E-state index in [0.717, 1.165) is 29.4 Å². The molecule has 1 aliphatic heterocycles. The maximum atomic E-state index is 10.3. The highest BCUT2D eigenvalue weighted by Crippen LogP contribution is 2.36. The summed E-state index contributed by atoms with van der Waals surface area (Å²) in [5, 5.41) is 14.8. The van der Waals surface area contributed by atoms with Gasteiger partial charge in [0.05, 0.1) is 24.2 Å². The van der Waals surface area contributed by atoms with Crippen molar-refractivity contribution >= 4 is 5.82 Å². The van der Waals surface area contributed by atoms with Crippen molar-refractivity contribution in [2.45, 2.75) is 64.5 Å². The molecule has 134 valence electrons. The van der Waals surface area contributed by atoms with E-state index in [1.54, 1.807) is 6.20 Å². The minimum atomic E-state index is -0.272. The molecule has 2 aromatic heterocycles. The van der Waals surface area contributed by atoms with Crippen molar-refractivity contribution < 1.29 is 5.11 Å². The van der Waals surface area contributed by atoms with Crippen molar-refractivity contribution in [1.29, 1.82) is 0 Å². The molecule has 0 aromatic carbocycles. The predicted octanol–water partition coefficient (Wildman–Crippen LogP) is 2.80. The number of hydrogen-bond donors (Lipinski definition) is 1. The van der Waals surface area contributed by atoms with Crippen molar-refractivity contribution in [1.82, 2.24) is 19.7 Å². The molecule has 4 rings (SSSR count). The van der Waals surface area contributed by atoms with Gasteiger partial charge in [-0.3, -0.25) is 4.98 Å². The molecule has 6 nitrogen and oxygen atoms in total. The second-order valence-electron chi connectivity index (χ2n) is 7.58. The van der Waals surface area contributed by atoms with Crippen molar-refractivity contribution in [3.63, 3.8) is 0 Å². The van der Waals surface area contributed by atoms with Crippen LogP contribution < -0.4 is 4.90 Å². The van der Waals surface area contributed by atoms with Crippen LogP contribution in [0.3, 0.4) is 0 Å². The normalized spacial score (nSPS) is 24.8. The summed E-state index contributed by atoms with van der Waals surface area (Å²) in [6.07, 6.45) is 10.6. The van der Waals surface area contributed by atoms with Crippen LogP contribution in [0.4, 0.5) is 5.82 Å². The summed E-state index contributed by atoms with van der Waals surface area (Å²) < 4.78 is 1.84. The zero-order valence-electron chi connectivity index (χ0n) is 15.1. The SMILES string of the molecule is Cc1cc(C)n(-c2cncc(N3C[C@H](O)C[C@H]3C3CCCCC3)n2)n1. The van der Waals surface area contributed by atoms with Crippen LogP contribution >= 0.6 is 0 Å². The average Bonchev–Trinajstić information content (AvgIpc) is 3.18. The van der Waals surface area contributed by atoms with Crippen molar-refractivity contribution in [3.05, 3.63) is 29.8 Å². The first kappa shape index (κ1) is 16.5. The van der Waals surface area contributed by atoms with E-state index in [-0.39, 0.29) is 6.10 Å². The molecule has 25 heavy (non-hydrogen) atoms. The molecule has 0 radical (unpaired) electrons. The van der Waals surface area contributed by atoms with Gasteiger partial charge in [-0.15, -0.1) is 0 Å². The predicted molar refractivity (Wildman–Crippen MR) is 97.0 cm³/mol. The first-order chi connectivity index (χ1) is 12.1. The van der Waals surface area contributed by atoms with E-state index >= 15 is 0 Å². The maximum absolute atomic E-state index is 10.3. The molecule has 6 heteroatoms. The van der Waals surface area contributed by atoms with Gasteiger partial charge in [0.1, 0.15) is 5.82 Å². The largest absolute Gasteiger partial charge is 0.391 e. The molecule has 1 saturated carbocycles. The van der Waals surface area contributed by atoms with Gasteiger partial charge >= 0.3 is 0 Å². The fraction of sp³-hybridized carbons (Fsp3) is 0.632. The van der Waals surface area contributed by atoms with Crippen LogP contribution in [0.5, 0.6) is 0 Å². The molecule has 2 aliphatic rings. The molecular formula is C19H27N5O. The Morgan fingerprint density at radius 1 is 1.08 bits per heavy atom. The first-order valence-electron chi connectivity index (χ1n) is 9.42. The van der Waals surface area contributed by atoms with Crippen LogP contribution in [0.2, 0.25) is 0 Å². The van der Waals surface area contributed by atoms with Gasteiger partial charge in [-0.25, -0.2) is 9.67 Å². The third kappa shape index (κ3) is 3.27. The molecule has 2 aromatic rings. The Hall–Kier alpha value is -1.95. The Morgan fingerprint density at radius 3 is 2.56 bits per heavy atom. The van der Waals surface area contributed by atoms with E-state index in [2.05, 4.69) is 15.0 Å². The van der Waals surface area contributed by atoms with Crippen LogP contribution in [0.25, 0.3) is 5.82 Å². The number of aromatic nitrogens is 4. The second-order valence-corrected chi connectivity index (χ2v) is 7.58. The highest BCUT2D eigenvalue weighted by Gasteiger charge is 2.37. The minimum Gasteiger partial charge on any atom is -0.391 e. The summed E-state index contributed by atoms with van der Waals surface area (Å²) in [6, 6.07) is 2.42. The number of aliphatic hydroxyl groups is 1. The highest BCUT2D eigenvalue weighted by atomic mass is 16.3. The second kappa shape index (κ2) is 6.75. The smallest absolute Gasteiger partial charge is 0.174 e. The number of anilines is 1. The quantitative estimate of drug-likeness (QED) is 0.930. The lowest BCUT2D eigenvalue weighted by Crippen LogP contribution is -2.37. The Balaban J connectivity index is 1.63. The Labute approximate surface area is 148 Å². The van der Waals surface area contributed by atoms with Crippen LogP contribution in [-0.2, 0) is 0 Å². The van der Waals surface area contributed by atoms with E-state index in [4.69, 9.17) is 4.98 Å². The summed E-state index contributed by atoms with van der Waals surface area (Å²) in [6.45, 7) is 4.66. The topological polar surface area (TPSA) is 67.1 Å². The zero-order valence-corrected chi connectivity index (χ0v) is 15.1. The highest BCUT2D eigenvalue weighted by molar-refractivity contribution is 5.43. The van der Waals surface area contributed by atoms with E-state index in [1.165, 1.54) is 32.1 Å². The van der Waals surface area contributed by atoms with Crippen LogP contribution in [0.1, 0.15) is 49.9 Å². The summed E-state index contributed by atoms with van der Waals surface area (Å²) >= 11 is 0. The Morgan fingerprint density at radius 2 is 1.84 bits per heavy atom. The Bertz CT molecular complexity index is 737. The van der Waals surface area contributed by atoms with E-state index in [0.29, 0.717) is 18.5 Å². The van der Waals surface area contributed by atoms with Gasteiger partial charge in [0.25, 0.3) is 0 Å². The maximum Gasteiger partial charge on any atom is 0.174 e. The number of β-amino-alcohol motifs (C(OH)–C–C–N with tert-alkyl or cyclic N) is 1. The molecule has 1 N–H and O–H groups in total. The van der Waals surface area contributed by atoms with Gasteiger partial charge in [0.15, 0.2) is 5.82 Å². The fourth-order valence-electron chi connectivity index (χ4n) is 4.52. The number of rotatable bonds is 3. The summed E-state index contributed by atoms with van der Waals surface area (Å²) in [5.74, 6) is 2.26. The molecule has 1 saturated heterocycles. The van der Waals surface area contributed by atoms with Gasteiger partial charge in [-0.05, 0) is 45.1 Å². The van der Waals surface area contributed by atoms with Crippen molar-refractivity contribution in [2.24, 2.45) is 5.92 Å². The number of aryl methyl sites for hydroxylation is 2. The lowest BCUT2D eigenvalue weighted by Gasteiger charge is -2.34. The molecule has 2 atom stereocenters. The van der Waals surface area contributed by atoms with Crippen LogP contribution in [0, 0.1) is 19.8 Å². The molecule has 0 spiro atoms. The molecule has 3 heterocycles.